The zero-order chi connectivity index (χ0) is 14.5. The molecule has 0 radical (unpaired) electrons. The van der Waals surface area contributed by atoms with Crippen molar-refractivity contribution in [1.29, 1.82) is 0 Å². The first kappa shape index (κ1) is 15.2. The van der Waals surface area contributed by atoms with Crippen LogP contribution in [-0.2, 0) is 4.79 Å². The van der Waals surface area contributed by atoms with Crippen LogP contribution in [0.3, 0.4) is 0 Å². The third-order valence-corrected chi connectivity index (χ3v) is 4.16. The van der Waals surface area contributed by atoms with E-state index in [1.807, 2.05) is 0 Å². The molecular weight excluding hydrogens is 322 g/mol. The molecule has 1 atom stereocenters. The lowest BCUT2D eigenvalue weighted by Gasteiger charge is -2.23. The van der Waals surface area contributed by atoms with E-state index in [-0.39, 0.29) is 12.6 Å². The maximum Gasteiger partial charge on any atom is 0.295 e. The number of ketones is 1. The highest BCUT2D eigenvalue weighted by Crippen LogP contribution is 2.22. The highest BCUT2D eigenvalue weighted by Gasteiger charge is 2.32. The minimum absolute atomic E-state index is 0.0917. The third kappa shape index (κ3) is 3.46. The largest absolute Gasteiger partial charge is 0.396 e. The molecule has 0 saturated carbocycles. The van der Waals surface area contributed by atoms with Gasteiger partial charge in [-0.1, -0.05) is 15.9 Å². The first-order valence-corrected chi connectivity index (χ1v) is 7.64. The molecule has 108 valence electrons. The number of hydrogen-bond donors (Lipinski definition) is 1. The maximum absolute atomic E-state index is 12.3. The molecule has 1 N–H and O–H groups in total. The van der Waals surface area contributed by atoms with E-state index in [1.165, 1.54) is 0 Å². The second-order valence-electron chi connectivity index (χ2n) is 5.00. The van der Waals surface area contributed by atoms with Gasteiger partial charge in [0.25, 0.3) is 5.91 Å². The molecule has 20 heavy (non-hydrogen) atoms. The van der Waals surface area contributed by atoms with Gasteiger partial charge in [0.1, 0.15) is 0 Å². The number of hydrogen-bond acceptors (Lipinski definition) is 3. The smallest absolute Gasteiger partial charge is 0.295 e. The van der Waals surface area contributed by atoms with Crippen LogP contribution in [0.2, 0.25) is 0 Å². The lowest BCUT2D eigenvalue weighted by atomic mass is 10.1. The van der Waals surface area contributed by atoms with Crippen molar-refractivity contribution < 1.29 is 14.7 Å². The van der Waals surface area contributed by atoms with Crippen molar-refractivity contribution in [1.82, 2.24) is 4.90 Å². The van der Waals surface area contributed by atoms with E-state index in [1.54, 1.807) is 29.2 Å². The summed E-state index contributed by atoms with van der Waals surface area (Å²) in [6.07, 6.45) is 3.27. The molecule has 1 amide bonds. The van der Waals surface area contributed by atoms with Gasteiger partial charge in [0.2, 0.25) is 5.78 Å². The summed E-state index contributed by atoms with van der Waals surface area (Å²) in [5, 5.41) is 8.89. The van der Waals surface area contributed by atoms with Gasteiger partial charge >= 0.3 is 0 Å². The molecule has 0 aromatic heterocycles. The van der Waals surface area contributed by atoms with Crippen LogP contribution in [0.25, 0.3) is 0 Å². The first-order chi connectivity index (χ1) is 9.63. The molecule has 1 heterocycles. The van der Waals surface area contributed by atoms with Gasteiger partial charge in [0.05, 0.1) is 0 Å². The van der Waals surface area contributed by atoms with E-state index in [0.29, 0.717) is 18.5 Å². The standard InChI is InChI=1S/C15H18BrNO3/c16-12-7-5-11(6-8-12)14(19)15(20)17-9-1-3-13(17)4-2-10-18/h5-8,13,18H,1-4,9-10H2. The van der Waals surface area contributed by atoms with Crippen LogP contribution in [0.4, 0.5) is 0 Å². The molecule has 0 aliphatic carbocycles. The summed E-state index contributed by atoms with van der Waals surface area (Å²) >= 11 is 3.31. The Labute approximate surface area is 126 Å². The van der Waals surface area contributed by atoms with Crippen molar-refractivity contribution in [3.05, 3.63) is 34.3 Å². The molecule has 1 aromatic carbocycles. The predicted molar refractivity (Wildman–Crippen MR) is 79.5 cm³/mol. The van der Waals surface area contributed by atoms with Gasteiger partial charge in [-0.3, -0.25) is 9.59 Å². The van der Waals surface area contributed by atoms with E-state index in [9.17, 15) is 9.59 Å². The fraction of sp³-hybridized carbons (Fsp3) is 0.467. The quantitative estimate of drug-likeness (QED) is 0.661. The van der Waals surface area contributed by atoms with Crippen LogP contribution < -0.4 is 0 Å². The number of Topliss-reactive ketones (excluding diaryl/α,β-unsaturated/α-hetero) is 1. The number of aliphatic hydroxyl groups excluding tert-OH is 1. The lowest BCUT2D eigenvalue weighted by Crippen LogP contribution is -2.40. The van der Waals surface area contributed by atoms with Crippen LogP contribution in [0.5, 0.6) is 0 Å². The van der Waals surface area contributed by atoms with Crippen molar-refractivity contribution in [3.8, 4) is 0 Å². The van der Waals surface area contributed by atoms with Crippen molar-refractivity contribution in [2.24, 2.45) is 0 Å². The number of carbonyl (C=O) groups is 2. The van der Waals surface area contributed by atoms with E-state index < -0.39 is 11.7 Å². The molecule has 1 unspecified atom stereocenters. The van der Waals surface area contributed by atoms with Gasteiger partial charge in [-0.25, -0.2) is 0 Å². The van der Waals surface area contributed by atoms with E-state index in [4.69, 9.17) is 5.11 Å². The zero-order valence-corrected chi connectivity index (χ0v) is 12.8. The summed E-state index contributed by atoms with van der Waals surface area (Å²) in [5.41, 5.74) is 0.422. The molecule has 2 rings (SSSR count). The van der Waals surface area contributed by atoms with Crippen molar-refractivity contribution in [2.75, 3.05) is 13.2 Å². The molecule has 0 bridgehead atoms. The molecule has 0 spiro atoms. The van der Waals surface area contributed by atoms with Crippen molar-refractivity contribution >= 4 is 27.6 Å². The van der Waals surface area contributed by atoms with Gasteiger partial charge in [-0.2, -0.15) is 0 Å². The summed E-state index contributed by atoms with van der Waals surface area (Å²) in [6, 6.07) is 6.92. The minimum atomic E-state index is -0.451. The van der Waals surface area contributed by atoms with E-state index in [2.05, 4.69) is 15.9 Å². The second kappa shape index (κ2) is 6.99. The minimum Gasteiger partial charge on any atom is -0.396 e. The number of carbonyl (C=O) groups excluding carboxylic acids is 2. The molecule has 1 saturated heterocycles. The predicted octanol–water partition coefficient (Wildman–Crippen LogP) is 2.40. The summed E-state index contributed by atoms with van der Waals surface area (Å²) in [7, 11) is 0. The third-order valence-electron chi connectivity index (χ3n) is 3.63. The Balaban J connectivity index is 2.06. The average Bonchev–Trinajstić information content (AvgIpc) is 2.92. The molecule has 5 heteroatoms. The van der Waals surface area contributed by atoms with Gasteiger partial charge < -0.3 is 10.0 Å². The van der Waals surface area contributed by atoms with Gasteiger partial charge in [-0.05, 0) is 49.9 Å². The maximum atomic E-state index is 12.3. The number of nitrogens with zero attached hydrogens (tertiary/aromatic N) is 1. The number of rotatable bonds is 5. The average molecular weight is 340 g/mol. The van der Waals surface area contributed by atoms with Gasteiger partial charge in [-0.15, -0.1) is 0 Å². The highest BCUT2D eigenvalue weighted by molar-refractivity contribution is 9.10. The van der Waals surface area contributed by atoms with Crippen LogP contribution in [0.1, 0.15) is 36.0 Å². The Morgan fingerprint density at radius 1 is 1.30 bits per heavy atom. The zero-order valence-electron chi connectivity index (χ0n) is 11.2. The van der Waals surface area contributed by atoms with Crippen LogP contribution in [0, 0.1) is 0 Å². The van der Waals surface area contributed by atoms with Crippen molar-refractivity contribution in [3.63, 3.8) is 0 Å². The topological polar surface area (TPSA) is 57.6 Å². The van der Waals surface area contributed by atoms with Crippen molar-refractivity contribution in [2.45, 2.75) is 31.7 Å². The molecular formula is C15H18BrNO3. The molecule has 1 fully saturated rings. The molecule has 1 aliphatic heterocycles. The number of aliphatic hydroxyl groups is 1. The Bertz CT molecular complexity index is 486. The number of benzene rings is 1. The van der Waals surface area contributed by atoms with Crippen LogP contribution >= 0.6 is 15.9 Å². The summed E-state index contributed by atoms with van der Waals surface area (Å²) < 4.78 is 0.878. The summed E-state index contributed by atoms with van der Waals surface area (Å²) in [4.78, 5) is 26.2. The van der Waals surface area contributed by atoms with Gasteiger partial charge in [0, 0.05) is 29.2 Å². The Morgan fingerprint density at radius 3 is 2.65 bits per heavy atom. The Morgan fingerprint density at radius 2 is 2.00 bits per heavy atom. The summed E-state index contributed by atoms with van der Waals surface area (Å²) in [6.45, 7) is 0.760. The fourth-order valence-electron chi connectivity index (χ4n) is 2.59. The number of halogens is 1. The molecule has 4 nitrogen and oxygen atoms in total. The number of amides is 1. The monoisotopic (exact) mass is 339 g/mol. The highest BCUT2D eigenvalue weighted by atomic mass is 79.9. The molecule has 1 aromatic rings. The summed E-state index contributed by atoms with van der Waals surface area (Å²) in [5.74, 6) is -0.874. The van der Waals surface area contributed by atoms with E-state index >= 15 is 0 Å². The molecule has 1 aliphatic rings. The normalized spacial score (nSPS) is 18.3. The number of likely N-dealkylation sites (tertiary alicyclic amines) is 1. The van der Waals surface area contributed by atoms with Gasteiger partial charge in [0.15, 0.2) is 0 Å². The Hall–Kier alpha value is -1.20. The first-order valence-electron chi connectivity index (χ1n) is 6.85. The SMILES string of the molecule is O=C(C(=O)N1CCCC1CCCO)c1ccc(Br)cc1. The Kier molecular flexibility index (Phi) is 5.31. The van der Waals surface area contributed by atoms with Crippen LogP contribution in [0.15, 0.2) is 28.7 Å². The van der Waals surface area contributed by atoms with Crippen LogP contribution in [-0.4, -0.2) is 40.9 Å². The second-order valence-corrected chi connectivity index (χ2v) is 5.91. The van der Waals surface area contributed by atoms with E-state index in [0.717, 1.165) is 23.7 Å². The fourth-order valence-corrected chi connectivity index (χ4v) is 2.85. The lowest BCUT2D eigenvalue weighted by molar-refractivity contribution is -0.127.